The molecule has 1 N–H and O–H groups in total. The van der Waals surface area contributed by atoms with Gasteiger partial charge in [0.2, 0.25) is 5.91 Å². The Hall–Kier alpha value is -2.62. The van der Waals surface area contributed by atoms with Gasteiger partial charge in [0, 0.05) is 43.2 Å². The number of nitrogens with one attached hydrogen (secondary N) is 1. The van der Waals surface area contributed by atoms with Crippen molar-refractivity contribution in [2.75, 3.05) is 18.0 Å². The Morgan fingerprint density at radius 3 is 2.36 bits per heavy atom. The third-order valence-corrected chi connectivity index (χ3v) is 4.67. The van der Waals surface area contributed by atoms with Crippen LogP contribution in [0.1, 0.15) is 36.0 Å². The van der Waals surface area contributed by atoms with Crippen molar-refractivity contribution in [2.24, 2.45) is 0 Å². The number of anilines is 1. The van der Waals surface area contributed by atoms with Crippen LogP contribution in [0.25, 0.3) is 0 Å². The predicted molar refractivity (Wildman–Crippen MR) is 99.8 cm³/mol. The van der Waals surface area contributed by atoms with Crippen molar-refractivity contribution >= 4 is 17.4 Å². The molecule has 1 saturated heterocycles. The number of hydrogen-bond acceptors (Lipinski definition) is 3. The van der Waals surface area contributed by atoms with E-state index in [2.05, 4.69) is 22.3 Å². The van der Waals surface area contributed by atoms with E-state index < -0.39 is 0 Å². The number of para-hydroxylation sites is 1. The molecule has 1 heterocycles. The van der Waals surface area contributed by atoms with Crippen molar-refractivity contribution in [2.45, 2.75) is 31.7 Å². The van der Waals surface area contributed by atoms with Gasteiger partial charge in [0.25, 0.3) is 0 Å². The molecule has 0 aromatic heterocycles. The third-order valence-electron chi connectivity index (χ3n) is 4.67. The van der Waals surface area contributed by atoms with Gasteiger partial charge in [-0.05, 0) is 25.0 Å². The monoisotopic (exact) mass is 336 g/mol. The molecule has 25 heavy (non-hydrogen) atoms. The van der Waals surface area contributed by atoms with Crippen LogP contribution in [0.4, 0.5) is 5.69 Å². The molecular formula is C21H24N2O2. The number of hydrogen-bond donors (Lipinski definition) is 1. The fourth-order valence-corrected chi connectivity index (χ4v) is 3.32. The van der Waals surface area contributed by atoms with Crippen LogP contribution in [0.2, 0.25) is 0 Å². The van der Waals surface area contributed by atoms with E-state index in [1.165, 1.54) is 5.69 Å². The van der Waals surface area contributed by atoms with Crippen molar-refractivity contribution in [3.63, 3.8) is 0 Å². The molecule has 0 aliphatic carbocycles. The van der Waals surface area contributed by atoms with E-state index in [0.717, 1.165) is 19.4 Å². The zero-order chi connectivity index (χ0) is 17.5. The standard InChI is InChI=1S/C21H24N2O2/c24-20(17-8-3-1-4-9-17)13-14-21(25)22-16-19-12-7-15-23(19)18-10-5-2-6-11-18/h1-6,8-11,19H,7,12-16H2,(H,22,25). The summed E-state index contributed by atoms with van der Waals surface area (Å²) in [6, 6.07) is 19.8. The largest absolute Gasteiger partial charge is 0.367 e. The van der Waals surface area contributed by atoms with E-state index >= 15 is 0 Å². The average Bonchev–Trinajstić information content (AvgIpc) is 3.14. The van der Waals surface area contributed by atoms with Gasteiger partial charge in [0.15, 0.2) is 5.78 Å². The molecule has 1 atom stereocenters. The minimum atomic E-state index is -0.0517. The van der Waals surface area contributed by atoms with E-state index in [-0.39, 0.29) is 24.5 Å². The van der Waals surface area contributed by atoms with Crippen molar-refractivity contribution in [1.82, 2.24) is 5.32 Å². The number of amides is 1. The van der Waals surface area contributed by atoms with Crippen LogP contribution >= 0.6 is 0 Å². The van der Waals surface area contributed by atoms with Crippen LogP contribution in [-0.4, -0.2) is 30.8 Å². The lowest BCUT2D eigenvalue weighted by atomic mass is 10.1. The van der Waals surface area contributed by atoms with E-state index in [4.69, 9.17) is 0 Å². The number of benzene rings is 2. The summed E-state index contributed by atoms with van der Waals surface area (Å²) in [5.74, 6) is -0.0354. The van der Waals surface area contributed by atoms with E-state index in [1.54, 1.807) is 12.1 Å². The lowest BCUT2D eigenvalue weighted by Crippen LogP contribution is -2.40. The van der Waals surface area contributed by atoms with Gasteiger partial charge in [0.05, 0.1) is 0 Å². The first kappa shape index (κ1) is 17.2. The second-order valence-corrected chi connectivity index (χ2v) is 6.42. The predicted octanol–water partition coefficient (Wildman–Crippen LogP) is 3.43. The van der Waals surface area contributed by atoms with E-state index in [0.29, 0.717) is 18.2 Å². The number of rotatable bonds is 7. The minimum absolute atomic E-state index is 0.0162. The lowest BCUT2D eigenvalue weighted by molar-refractivity contribution is -0.121. The van der Waals surface area contributed by atoms with Crippen LogP contribution < -0.4 is 10.2 Å². The molecule has 4 heteroatoms. The highest BCUT2D eigenvalue weighted by atomic mass is 16.2. The topological polar surface area (TPSA) is 49.4 Å². The minimum Gasteiger partial charge on any atom is -0.367 e. The Kier molecular flexibility index (Phi) is 5.83. The summed E-state index contributed by atoms with van der Waals surface area (Å²) in [7, 11) is 0. The molecule has 130 valence electrons. The second kappa shape index (κ2) is 8.47. The first-order valence-corrected chi connectivity index (χ1v) is 8.90. The summed E-state index contributed by atoms with van der Waals surface area (Å²) in [4.78, 5) is 26.5. The van der Waals surface area contributed by atoms with Crippen LogP contribution in [0.15, 0.2) is 60.7 Å². The van der Waals surface area contributed by atoms with Crippen LogP contribution in [0.5, 0.6) is 0 Å². The summed E-state index contributed by atoms with van der Waals surface area (Å²) in [5.41, 5.74) is 1.87. The van der Waals surface area contributed by atoms with Gasteiger partial charge >= 0.3 is 0 Å². The Balaban J connectivity index is 1.45. The molecule has 0 bridgehead atoms. The molecule has 1 fully saturated rings. The van der Waals surface area contributed by atoms with Gasteiger partial charge < -0.3 is 10.2 Å². The molecule has 1 aliphatic rings. The Labute approximate surface area is 148 Å². The first-order valence-electron chi connectivity index (χ1n) is 8.90. The normalized spacial score (nSPS) is 16.6. The molecule has 0 saturated carbocycles. The Morgan fingerprint density at radius 1 is 0.960 bits per heavy atom. The van der Waals surface area contributed by atoms with Crippen LogP contribution in [0.3, 0.4) is 0 Å². The summed E-state index contributed by atoms with van der Waals surface area (Å²) >= 11 is 0. The molecule has 2 aromatic carbocycles. The molecule has 3 rings (SSSR count). The summed E-state index contributed by atoms with van der Waals surface area (Å²) in [6.07, 6.45) is 2.72. The Morgan fingerprint density at radius 2 is 1.64 bits per heavy atom. The van der Waals surface area contributed by atoms with Gasteiger partial charge in [-0.15, -0.1) is 0 Å². The van der Waals surface area contributed by atoms with Gasteiger partial charge in [-0.25, -0.2) is 0 Å². The average molecular weight is 336 g/mol. The van der Waals surface area contributed by atoms with Crippen molar-refractivity contribution < 1.29 is 9.59 Å². The molecule has 4 nitrogen and oxygen atoms in total. The number of ketones is 1. The Bertz CT molecular complexity index is 700. The molecule has 0 radical (unpaired) electrons. The molecule has 2 aromatic rings. The van der Waals surface area contributed by atoms with Crippen molar-refractivity contribution in [3.8, 4) is 0 Å². The highest BCUT2D eigenvalue weighted by Crippen LogP contribution is 2.24. The van der Waals surface area contributed by atoms with Gasteiger partial charge in [-0.3, -0.25) is 9.59 Å². The maximum absolute atomic E-state index is 12.1. The van der Waals surface area contributed by atoms with Crippen molar-refractivity contribution in [1.29, 1.82) is 0 Å². The number of nitrogens with zero attached hydrogens (tertiary/aromatic N) is 1. The van der Waals surface area contributed by atoms with Crippen LogP contribution in [0, 0.1) is 0 Å². The molecule has 1 unspecified atom stereocenters. The smallest absolute Gasteiger partial charge is 0.220 e. The fourth-order valence-electron chi connectivity index (χ4n) is 3.32. The number of Topliss-reactive ketones (excluding diaryl/α,β-unsaturated/α-hetero) is 1. The molecule has 0 spiro atoms. The van der Waals surface area contributed by atoms with Crippen molar-refractivity contribution in [3.05, 3.63) is 66.2 Å². The zero-order valence-corrected chi connectivity index (χ0v) is 14.4. The van der Waals surface area contributed by atoms with Crippen LogP contribution in [-0.2, 0) is 4.79 Å². The van der Waals surface area contributed by atoms with Gasteiger partial charge in [-0.2, -0.15) is 0 Å². The number of carbonyl (C=O) groups excluding carboxylic acids is 2. The molecular weight excluding hydrogens is 312 g/mol. The third kappa shape index (κ3) is 4.69. The second-order valence-electron chi connectivity index (χ2n) is 6.42. The maximum atomic E-state index is 12.1. The quantitative estimate of drug-likeness (QED) is 0.788. The maximum Gasteiger partial charge on any atom is 0.220 e. The van der Waals surface area contributed by atoms with E-state index in [1.807, 2.05) is 36.4 Å². The summed E-state index contributed by atoms with van der Waals surface area (Å²) < 4.78 is 0. The van der Waals surface area contributed by atoms with E-state index in [9.17, 15) is 9.59 Å². The molecule has 1 amide bonds. The summed E-state index contributed by atoms with van der Waals surface area (Å²) in [6.45, 7) is 1.66. The summed E-state index contributed by atoms with van der Waals surface area (Å²) in [5, 5.41) is 3.00. The highest BCUT2D eigenvalue weighted by molar-refractivity contribution is 5.97. The fraction of sp³-hybridized carbons (Fsp3) is 0.333. The van der Waals surface area contributed by atoms with Gasteiger partial charge in [-0.1, -0.05) is 48.5 Å². The van der Waals surface area contributed by atoms with Gasteiger partial charge in [0.1, 0.15) is 0 Å². The lowest BCUT2D eigenvalue weighted by Gasteiger charge is -2.27. The SMILES string of the molecule is O=C(CCC(=O)c1ccccc1)NCC1CCCN1c1ccccc1. The zero-order valence-electron chi connectivity index (χ0n) is 14.4. The number of carbonyl (C=O) groups is 2. The first-order chi connectivity index (χ1) is 12.2. The molecule has 1 aliphatic heterocycles. The highest BCUT2D eigenvalue weighted by Gasteiger charge is 2.24.